The van der Waals surface area contributed by atoms with Crippen molar-refractivity contribution in [2.24, 2.45) is 0 Å². The van der Waals surface area contributed by atoms with Crippen molar-refractivity contribution in [2.75, 3.05) is 0 Å². The third kappa shape index (κ3) is 1.97. The molecule has 0 radical (unpaired) electrons. The lowest BCUT2D eigenvalue weighted by molar-refractivity contribution is 0.680. The number of hydrogen-bond donors (Lipinski definition) is 1. The summed E-state index contributed by atoms with van der Waals surface area (Å²) in [5.41, 5.74) is 1.54. The van der Waals surface area contributed by atoms with E-state index in [-0.39, 0.29) is 5.56 Å². The summed E-state index contributed by atoms with van der Waals surface area (Å²) in [6, 6.07) is 9.85. The molecule has 3 nitrogen and oxygen atoms in total. The molecule has 0 spiro atoms. The van der Waals surface area contributed by atoms with Gasteiger partial charge in [0.15, 0.2) is 0 Å². The molecule has 15 heavy (non-hydrogen) atoms. The molecule has 1 aromatic heterocycles. The summed E-state index contributed by atoms with van der Waals surface area (Å²) >= 11 is 6.00. The van der Waals surface area contributed by atoms with E-state index in [9.17, 15) is 4.79 Å². The zero-order valence-corrected chi connectivity index (χ0v) is 9.08. The van der Waals surface area contributed by atoms with Gasteiger partial charge in [-0.2, -0.15) is 0 Å². The smallest absolute Gasteiger partial charge is 0.268 e. The van der Waals surface area contributed by atoms with Crippen molar-refractivity contribution in [1.82, 2.24) is 9.78 Å². The standard InChI is InChI=1S/C11H11ClN2O/c1-8-10(12)14(13-11(8)15)7-9-5-3-2-4-6-9/h2-6H,7H2,1H3,(H,13,15). The summed E-state index contributed by atoms with van der Waals surface area (Å²) in [5, 5.41) is 3.17. The lowest BCUT2D eigenvalue weighted by atomic mass is 10.2. The molecular weight excluding hydrogens is 212 g/mol. The molecule has 4 heteroatoms. The Morgan fingerprint density at radius 1 is 1.33 bits per heavy atom. The second kappa shape index (κ2) is 3.95. The maximum Gasteiger partial charge on any atom is 0.268 e. The van der Waals surface area contributed by atoms with Gasteiger partial charge in [-0.3, -0.25) is 14.6 Å². The summed E-state index contributed by atoms with van der Waals surface area (Å²) in [6.07, 6.45) is 0. The molecule has 2 aromatic rings. The number of benzene rings is 1. The highest BCUT2D eigenvalue weighted by molar-refractivity contribution is 6.30. The number of nitrogens with one attached hydrogen (secondary N) is 1. The number of rotatable bonds is 2. The number of H-pyrrole nitrogens is 1. The van der Waals surface area contributed by atoms with Crippen molar-refractivity contribution in [2.45, 2.75) is 13.5 Å². The zero-order chi connectivity index (χ0) is 10.8. The lowest BCUT2D eigenvalue weighted by Crippen LogP contribution is -2.07. The minimum atomic E-state index is -0.129. The van der Waals surface area contributed by atoms with Gasteiger partial charge < -0.3 is 0 Å². The van der Waals surface area contributed by atoms with E-state index < -0.39 is 0 Å². The molecule has 1 heterocycles. The van der Waals surface area contributed by atoms with Crippen LogP contribution < -0.4 is 5.56 Å². The van der Waals surface area contributed by atoms with Gasteiger partial charge >= 0.3 is 0 Å². The molecule has 0 unspecified atom stereocenters. The molecule has 1 aromatic carbocycles. The van der Waals surface area contributed by atoms with E-state index in [1.807, 2.05) is 30.3 Å². The SMILES string of the molecule is Cc1c(Cl)n(Cc2ccccc2)[nH]c1=O. The van der Waals surface area contributed by atoms with Crippen molar-refractivity contribution in [3.63, 3.8) is 0 Å². The van der Waals surface area contributed by atoms with E-state index >= 15 is 0 Å². The van der Waals surface area contributed by atoms with Crippen LogP contribution >= 0.6 is 11.6 Å². The third-order valence-corrected chi connectivity index (χ3v) is 2.79. The van der Waals surface area contributed by atoms with Gasteiger partial charge in [-0.25, -0.2) is 0 Å². The van der Waals surface area contributed by atoms with E-state index in [4.69, 9.17) is 11.6 Å². The maximum absolute atomic E-state index is 11.3. The van der Waals surface area contributed by atoms with Crippen molar-refractivity contribution in [1.29, 1.82) is 0 Å². The van der Waals surface area contributed by atoms with Gasteiger partial charge in [0.1, 0.15) is 5.15 Å². The molecule has 0 aliphatic carbocycles. The molecule has 0 fully saturated rings. The molecule has 0 aliphatic heterocycles. The van der Waals surface area contributed by atoms with Crippen LogP contribution in [0.25, 0.3) is 0 Å². The molecule has 0 saturated carbocycles. The Balaban J connectivity index is 2.33. The van der Waals surface area contributed by atoms with Crippen molar-refractivity contribution >= 4 is 11.6 Å². The quantitative estimate of drug-likeness (QED) is 0.831. The Bertz CT molecular complexity index is 513. The van der Waals surface area contributed by atoms with Gasteiger partial charge in [0, 0.05) is 0 Å². The zero-order valence-electron chi connectivity index (χ0n) is 8.33. The Kier molecular flexibility index (Phi) is 2.64. The van der Waals surface area contributed by atoms with E-state index in [0.29, 0.717) is 17.3 Å². The summed E-state index contributed by atoms with van der Waals surface area (Å²) in [7, 11) is 0. The van der Waals surface area contributed by atoms with Crippen LogP contribution in [0.15, 0.2) is 35.1 Å². The first kappa shape index (κ1) is 10.1. The number of nitrogens with zero attached hydrogens (tertiary/aromatic N) is 1. The van der Waals surface area contributed by atoms with Crippen LogP contribution in [0.3, 0.4) is 0 Å². The summed E-state index contributed by atoms with van der Waals surface area (Å²) in [6.45, 7) is 2.30. The first-order valence-corrected chi connectivity index (χ1v) is 5.05. The monoisotopic (exact) mass is 222 g/mol. The highest BCUT2D eigenvalue weighted by atomic mass is 35.5. The summed E-state index contributed by atoms with van der Waals surface area (Å²) < 4.78 is 1.65. The second-order valence-electron chi connectivity index (χ2n) is 3.43. The predicted octanol–water partition coefficient (Wildman–Crippen LogP) is 2.19. The van der Waals surface area contributed by atoms with Crippen LogP contribution in [0.2, 0.25) is 5.15 Å². The molecule has 0 amide bonds. The fourth-order valence-electron chi connectivity index (χ4n) is 1.43. The van der Waals surface area contributed by atoms with Gasteiger partial charge in [-0.05, 0) is 12.5 Å². The fourth-order valence-corrected chi connectivity index (χ4v) is 1.61. The normalized spacial score (nSPS) is 10.5. The molecular formula is C11H11ClN2O. The first-order valence-electron chi connectivity index (χ1n) is 4.67. The molecule has 0 saturated heterocycles. The van der Waals surface area contributed by atoms with Crippen molar-refractivity contribution in [3.8, 4) is 0 Å². The minimum Gasteiger partial charge on any atom is -0.269 e. The van der Waals surface area contributed by atoms with Crippen molar-refractivity contribution < 1.29 is 0 Å². The lowest BCUT2D eigenvalue weighted by Gasteiger charge is -2.03. The van der Waals surface area contributed by atoms with Crippen molar-refractivity contribution in [3.05, 3.63) is 57.0 Å². The Morgan fingerprint density at radius 3 is 2.53 bits per heavy atom. The fraction of sp³-hybridized carbons (Fsp3) is 0.182. The summed E-state index contributed by atoms with van der Waals surface area (Å²) in [4.78, 5) is 11.3. The Labute approximate surface area is 92.3 Å². The van der Waals surface area contributed by atoms with E-state index in [1.54, 1.807) is 11.6 Å². The molecule has 1 N–H and O–H groups in total. The number of halogens is 1. The van der Waals surface area contributed by atoms with Crippen LogP contribution in [0.1, 0.15) is 11.1 Å². The van der Waals surface area contributed by atoms with E-state index in [2.05, 4.69) is 5.10 Å². The van der Waals surface area contributed by atoms with Crippen LogP contribution in [-0.4, -0.2) is 9.78 Å². The summed E-state index contributed by atoms with van der Waals surface area (Å²) in [5.74, 6) is 0. The molecule has 0 atom stereocenters. The number of aromatic amines is 1. The van der Waals surface area contributed by atoms with Crippen LogP contribution in [0.5, 0.6) is 0 Å². The number of hydrogen-bond acceptors (Lipinski definition) is 1. The molecule has 78 valence electrons. The van der Waals surface area contributed by atoms with Gasteiger partial charge in [-0.1, -0.05) is 41.9 Å². The van der Waals surface area contributed by atoms with Crippen LogP contribution in [0.4, 0.5) is 0 Å². The highest BCUT2D eigenvalue weighted by Crippen LogP contribution is 2.12. The van der Waals surface area contributed by atoms with Gasteiger partial charge in [0.25, 0.3) is 5.56 Å². The molecule has 2 rings (SSSR count). The van der Waals surface area contributed by atoms with E-state index in [1.165, 1.54) is 0 Å². The highest BCUT2D eigenvalue weighted by Gasteiger charge is 2.07. The largest absolute Gasteiger partial charge is 0.269 e. The number of aromatic nitrogens is 2. The topological polar surface area (TPSA) is 37.8 Å². The first-order chi connectivity index (χ1) is 7.18. The van der Waals surface area contributed by atoms with E-state index in [0.717, 1.165) is 5.56 Å². The third-order valence-electron chi connectivity index (χ3n) is 2.31. The maximum atomic E-state index is 11.3. The molecule has 0 aliphatic rings. The Hall–Kier alpha value is -1.48. The van der Waals surface area contributed by atoms with Gasteiger partial charge in [0.2, 0.25) is 0 Å². The average molecular weight is 223 g/mol. The minimum absolute atomic E-state index is 0.129. The van der Waals surface area contributed by atoms with Gasteiger partial charge in [0.05, 0.1) is 12.1 Å². The Morgan fingerprint density at radius 2 is 2.00 bits per heavy atom. The van der Waals surface area contributed by atoms with Crippen LogP contribution in [0, 0.1) is 6.92 Å². The van der Waals surface area contributed by atoms with Gasteiger partial charge in [-0.15, -0.1) is 0 Å². The van der Waals surface area contributed by atoms with Crippen LogP contribution in [-0.2, 0) is 6.54 Å². The second-order valence-corrected chi connectivity index (χ2v) is 3.79. The average Bonchev–Trinajstić information content (AvgIpc) is 2.48. The molecule has 0 bridgehead atoms. The predicted molar refractivity (Wildman–Crippen MR) is 60.3 cm³/mol.